The van der Waals surface area contributed by atoms with Crippen LogP contribution < -0.4 is 0 Å². The van der Waals surface area contributed by atoms with E-state index in [4.69, 9.17) is 4.74 Å². The van der Waals surface area contributed by atoms with Crippen LogP contribution in [0.3, 0.4) is 0 Å². The van der Waals surface area contributed by atoms with Gasteiger partial charge in [-0.15, -0.1) is 0 Å². The van der Waals surface area contributed by atoms with E-state index in [-0.39, 0.29) is 0 Å². The fraction of sp³-hybridized carbons (Fsp3) is 0.400. The molecule has 0 amide bonds. The number of hydrogen-bond acceptors (Lipinski definition) is 2. The summed E-state index contributed by atoms with van der Waals surface area (Å²) >= 11 is 0. The average molecular weight is 295 g/mol. The molecule has 1 saturated heterocycles. The zero-order valence-corrected chi connectivity index (χ0v) is 13.3. The summed E-state index contributed by atoms with van der Waals surface area (Å²) in [5, 5.41) is 0. The predicted octanol–water partition coefficient (Wildman–Crippen LogP) is 3.91. The summed E-state index contributed by atoms with van der Waals surface area (Å²) in [5.74, 6) is 0. The Balaban J connectivity index is 1.76. The maximum atomic E-state index is 5.80. The molecule has 2 aromatic carbocycles. The zero-order chi connectivity index (χ0) is 15.2. The van der Waals surface area contributed by atoms with E-state index in [1.165, 1.54) is 24.0 Å². The van der Waals surface area contributed by atoms with Crippen LogP contribution in [0.2, 0.25) is 0 Å². The third-order valence-corrected chi connectivity index (χ3v) is 4.65. The molecule has 0 aromatic heterocycles. The van der Waals surface area contributed by atoms with Crippen molar-refractivity contribution < 1.29 is 4.74 Å². The third-order valence-electron chi connectivity index (χ3n) is 4.65. The highest BCUT2D eigenvalue weighted by molar-refractivity contribution is 5.18. The number of benzene rings is 2. The smallest absolute Gasteiger partial charge is 0.0730 e. The van der Waals surface area contributed by atoms with Crippen molar-refractivity contribution in [3.05, 3.63) is 71.8 Å². The summed E-state index contributed by atoms with van der Waals surface area (Å²) < 4.78 is 5.80. The van der Waals surface area contributed by atoms with Crippen molar-refractivity contribution >= 4 is 0 Å². The van der Waals surface area contributed by atoms with Crippen molar-refractivity contribution in [3.8, 4) is 0 Å². The first-order valence-electron chi connectivity index (χ1n) is 8.21. The minimum Gasteiger partial charge on any atom is -0.380 e. The number of nitrogens with zero attached hydrogens (tertiary/aromatic N) is 1. The number of methoxy groups -OCH3 is 1. The summed E-state index contributed by atoms with van der Waals surface area (Å²) in [7, 11) is 1.86. The van der Waals surface area contributed by atoms with E-state index in [2.05, 4.69) is 65.6 Å². The lowest BCUT2D eigenvalue weighted by molar-refractivity contribution is -0.0218. The maximum absolute atomic E-state index is 5.80. The highest BCUT2D eigenvalue weighted by Gasteiger charge is 2.31. The summed E-state index contributed by atoms with van der Waals surface area (Å²) in [6, 6.07) is 22.0. The summed E-state index contributed by atoms with van der Waals surface area (Å²) in [6.07, 6.45) is 3.78. The second-order valence-electron chi connectivity index (χ2n) is 6.13. The largest absolute Gasteiger partial charge is 0.380 e. The summed E-state index contributed by atoms with van der Waals surface area (Å²) in [6.45, 7) is 2.17. The van der Waals surface area contributed by atoms with Gasteiger partial charge in [-0.05, 0) is 36.9 Å². The average Bonchev–Trinajstić information content (AvgIpc) is 2.58. The van der Waals surface area contributed by atoms with Gasteiger partial charge in [0.05, 0.1) is 6.10 Å². The van der Waals surface area contributed by atoms with Gasteiger partial charge in [0.2, 0.25) is 0 Å². The van der Waals surface area contributed by atoms with Gasteiger partial charge in [0.15, 0.2) is 0 Å². The molecule has 0 N–H and O–H groups in total. The molecule has 1 heterocycles. The zero-order valence-electron chi connectivity index (χ0n) is 13.3. The minimum atomic E-state index is 0.331. The standard InChI is InChI=1S/C20H25NO/c1-22-20-13-8-14-21(16-18-11-6-3-7-12-18)19(20)15-17-9-4-2-5-10-17/h2-7,9-12,19-20H,8,13-16H2,1H3. The van der Waals surface area contributed by atoms with E-state index in [0.717, 1.165) is 19.5 Å². The first kappa shape index (κ1) is 15.3. The van der Waals surface area contributed by atoms with Crippen molar-refractivity contribution in [1.82, 2.24) is 4.90 Å². The third kappa shape index (κ3) is 3.76. The highest BCUT2D eigenvalue weighted by atomic mass is 16.5. The van der Waals surface area contributed by atoms with Gasteiger partial charge in [0.25, 0.3) is 0 Å². The molecule has 116 valence electrons. The van der Waals surface area contributed by atoms with Gasteiger partial charge in [-0.2, -0.15) is 0 Å². The van der Waals surface area contributed by atoms with Crippen LogP contribution in [0.1, 0.15) is 24.0 Å². The van der Waals surface area contributed by atoms with Crippen LogP contribution in [-0.4, -0.2) is 30.7 Å². The van der Waals surface area contributed by atoms with Crippen molar-refractivity contribution in [3.63, 3.8) is 0 Å². The molecule has 1 aliphatic rings. The van der Waals surface area contributed by atoms with Crippen LogP contribution in [0.15, 0.2) is 60.7 Å². The summed E-state index contributed by atoms with van der Waals surface area (Å²) in [5.41, 5.74) is 2.78. The molecule has 3 rings (SSSR count). The van der Waals surface area contributed by atoms with E-state index in [1.54, 1.807) is 0 Å². The van der Waals surface area contributed by atoms with Gasteiger partial charge in [-0.1, -0.05) is 60.7 Å². The monoisotopic (exact) mass is 295 g/mol. The molecule has 2 unspecified atom stereocenters. The molecular formula is C20H25NO. The van der Waals surface area contributed by atoms with Crippen LogP contribution >= 0.6 is 0 Å². The second kappa shape index (κ2) is 7.57. The Labute approximate surface area is 133 Å². The molecule has 2 atom stereocenters. The minimum absolute atomic E-state index is 0.331. The Kier molecular flexibility index (Phi) is 5.25. The number of piperidine rings is 1. The molecule has 0 bridgehead atoms. The van der Waals surface area contributed by atoms with Gasteiger partial charge in [-0.25, -0.2) is 0 Å². The molecule has 0 aliphatic carbocycles. The Bertz CT molecular complexity index is 554. The molecular weight excluding hydrogens is 270 g/mol. The first-order chi connectivity index (χ1) is 10.9. The summed E-state index contributed by atoms with van der Waals surface area (Å²) in [4.78, 5) is 2.60. The molecule has 2 heteroatoms. The second-order valence-corrected chi connectivity index (χ2v) is 6.13. The van der Waals surface area contributed by atoms with Crippen LogP contribution in [0.25, 0.3) is 0 Å². The highest BCUT2D eigenvalue weighted by Crippen LogP contribution is 2.25. The Morgan fingerprint density at radius 1 is 0.955 bits per heavy atom. The number of hydrogen-bond donors (Lipinski definition) is 0. The number of rotatable bonds is 5. The quantitative estimate of drug-likeness (QED) is 0.829. The van der Waals surface area contributed by atoms with Gasteiger partial charge >= 0.3 is 0 Å². The van der Waals surface area contributed by atoms with Gasteiger partial charge < -0.3 is 4.74 Å². The molecule has 0 radical (unpaired) electrons. The topological polar surface area (TPSA) is 12.5 Å². The fourth-order valence-corrected chi connectivity index (χ4v) is 3.49. The number of likely N-dealkylation sites (tertiary alicyclic amines) is 1. The first-order valence-corrected chi connectivity index (χ1v) is 8.21. The van der Waals surface area contributed by atoms with E-state index in [1.807, 2.05) is 7.11 Å². The molecule has 2 aromatic rings. The number of ether oxygens (including phenoxy) is 1. The van der Waals surface area contributed by atoms with Crippen molar-refractivity contribution in [2.24, 2.45) is 0 Å². The Morgan fingerprint density at radius 2 is 1.59 bits per heavy atom. The van der Waals surface area contributed by atoms with Gasteiger partial charge in [0.1, 0.15) is 0 Å². The van der Waals surface area contributed by atoms with E-state index < -0.39 is 0 Å². The van der Waals surface area contributed by atoms with Crippen LogP contribution in [0.5, 0.6) is 0 Å². The van der Waals surface area contributed by atoms with Crippen LogP contribution in [-0.2, 0) is 17.7 Å². The van der Waals surface area contributed by atoms with Crippen LogP contribution in [0, 0.1) is 0 Å². The lowest BCUT2D eigenvalue weighted by Crippen LogP contribution is -2.49. The van der Waals surface area contributed by atoms with Gasteiger partial charge in [0, 0.05) is 19.7 Å². The molecule has 0 saturated carbocycles. The molecule has 1 fully saturated rings. The van der Waals surface area contributed by atoms with E-state index >= 15 is 0 Å². The van der Waals surface area contributed by atoms with Crippen LogP contribution in [0.4, 0.5) is 0 Å². The molecule has 0 spiro atoms. The predicted molar refractivity (Wildman–Crippen MR) is 90.8 cm³/mol. The lowest BCUT2D eigenvalue weighted by atomic mass is 9.92. The SMILES string of the molecule is COC1CCCN(Cc2ccccc2)C1Cc1ccccc1. The molecule has 1 aliphatic heterocycles. The Morgan fingerprint density at radius 3 is 2.23 bits per heavy atom. The van der Waals surface area contributed by atoms with Crippen molar-refractivity contribution in [2.75, 3.05) is 13.7 Å². The maximum Gasteiger partial charge on any atom is 0.0730 e. The van der Waals surface area contributed by atoms with E-state index in [9.17, 15) is 0 Å². The van der Waals surface area contributed by atoms with E-state index in [0.29, 0.717) is 12.1 Å². The van der Waals surface area contributed by atoms with Gasteiger partial charge in [-0.3, -0.25) is 4.90 Å². The van der Waals surface area contributed by atoms with Crippen molar-refractivity contribution in [1.29, 1.82) is 0 Å². The lowest BCUT2D eigenvalue weighted by Gasteiger charge is -2.41. The fourth-order valence-electron chi connectivity index (χ4n) is 3.49. The normalized spacial score (nSPS) is 22.6. The van der Waals surface area contributed by atoms with Crippen molar-refractivity contribution in [2.45, 2.75) is 38.0 Å². The molecule has 22 heavy (non-hydrogen) atoms. The Hall–Kier alpha value is -1.64. The molecule has 2 nitrogen and oxygen atoms in total.